The van der Waals surface area contributed by atoms with Crippen LogP contribution in [0.3, 0.4) is 0 Å². The van der Waals surface area contributed by atoms with Gasteiger partial charge in [-0.1, -0.05) is 30.3 Å². The Hall–Kier alpha value is -1.52. The Morgan fingerprint density at radius 1 is 0.900 bits per heavy atom. The molecule has 0 bridgehead atoms. The summed E-state index contributed by atoms with van der Waals surface area (Å²) in [4.78, 5) is 0. The molecule has 0 atom stereocenters. The maximum atomic E-state index is 10.2. The van der Waals surface area contributed by atoms with Gasteiger partial charge in [0.05, 0.1) is 11.2 Å². The maximum Gasteiger partial charge on any atom is 0.495 e. The molecule has 1 N–H and O–H groups in total. The summed E-state index contributed by atoms with van der Waals surface area (Å²) >= 11 is 0. The van der Waals surface area contributed by atoms with Crippen molar-refractivity contribution in [2.24, 2.45) is 0 Å². The van der Waals surface area contributed by atoms with Crippen LogP contribution in [0.4, 0.5) is 0 Å². The molecule has 0 spiro atoms. The molecule has 1 aliphatic heterocycles. The smallest absolute Gasteiger partial charge is 0.495 e. The van der Waals surface area contributed by atoms with E-state index in [1.165, 1.54) is 0 Å². The molecule has 104 valence electrons. The van der Waals surface area contributed by atoms with Crippen molar-refractivity contribution in [3.05, 3.63) is 36.4 Å². The molecule has 1 saturated heterocycles. The highest BCUT2D eigenvalue weighted by Gasteiger charge is 2.52. The minimum Gasteiger partial charge on any atom is -0.507 e. The summed E-state index contributed by atoms with van der Waals surface area (Å²) < 4.78 is 12.2. The summed E-state index contributed by atoms with van der Waals surface area (Å²) in [5.74, 6) is 0.257. The Bertz CT molecular complexity index is 643. The Balaban J connectivity index is 2.13. The molecule has 4 heteroatoms. The molecule has 0 radical (unpaired) electrons. The third-order valence-corrected chi connectivity index (χ3v) is 4.42. The molecule has 0 saturated carbocycles. The zero-order valence-corrected chi connectivity index (χ0v) is 12.3. The van der Waals surface area contributed by atoms with Gasteiger partial charge in [-0.15, -0.1) is 0 Å². The molecule has 0 aromatic heterocycles. The zero-order valence-electron chi connectivity index (χ0n) is 12.3. The average Bonchev–Trinajstić information content (AvgIpc) is 2.58. The van der Waals surface area contributed by atoms with Crippen LogP contribution in [0.1, 0.15) is 27.7 Å². The van der Waals surface area contributed by atoms with Gasteiger partial charge in [-0.05, 0) is 44.6 Å². The van der Waals surface area contributed by atoms with Crippen LogP contribution in [0.5, 0.6) is 5.75 Å². The van der Waals surface area contributed by atoms with Crippen LogP contribution in [-0.4, -0.2) is 23.4 Å². The van der Waals surface area contributed by atoms with E-state index in [-0.39, 0.29) is 17.0 Å². The van der Waals surface area contributed by atoms with Gasteiger partial charge in [0.2, 0.25) is 0 Å². The number of hydrogen-bond acceptors (Lipinski definition) is 3. The SMILES string of the molecule is CC1(C)OB(c2cccc3cccc(O)c23)OC1(C)C. The minimum absolute atomic E-state index is 0.257. The van der Waals surface area contributed by atoms with Crippen molar-refractivity contribution in [1.82, 2.24) is 0 Å². The minimum atomic E-state index is -0.461. The van der Waals surface area contributed by atoms with E-state index in [4.69, 9.17) is 9.31 Å². The third-order valence-electron chi connectivity index (χ3n) is 4.42. The van der Waals surface area contributed by atoms with Crippen LogP contribution in [0.15, 0.2) is 36.4 Å². The lowest BCUT2D eigenvalue weighted by molar-refractivity contribution is 0.00578. The van der Waals surface area contributed by atoms with Crippen molar-refractivity contribution in [3.63, 3.8) is 0 Å². The number of phenols is 1. The summed E-state index contributed by atoms with van der Waals surface area (Å²) in [6, 6.07) is 11.4. The highest BCUT2D eigenvalue weighted by Crippen LogP contribution is 2.37. The molecule has 0 unspecified atom stereocenters. The first kappa shape index (κ1) is 13.5. The Morgan fingerprint density at radius 3 is 2.05 bits per heavy atom. The number of fused-ring (bicyclic) bond motifs is 1. The predicted octanol–water partition coefficient (Wildman–Crippen LogP) is 2.84. The van der Waals surface area contributed by atoms with Gasteiger partial charge < -0.3 is 14.4 Å². The maximum absolute atomic E-state index is 10.2. The molecule has 1 fully saturated rings. The van der Waals surface area contributed by atoms with Crippen molar-refractivity contribution < 1.29 is 14.4 Å². The van der Waals surface area contributed by atoms with E-state index >= 15 is 0 Å². The molecular formula is C16H19BO3. The fourth-order valence-electron chi connectivity index (χ4n) is 2.52. The van der Waals surface area contributed by atoms with E-state index < -0.39 is 7.12 Å². The average molecular weight is 270 g/mol. The van der Waals surface area contributed by atoms with Gasteiger partial charge in [0.15, 0.2) is 0 Å². The van der Waals surface area contributed by atoms with Crippen molar-refractivity contribution in [2.75, 3.05) is 0 Å². The summed E-state index contributed by atoms with van der Waals surface area (Å²) in [6.45, 7) is 8.10. The van der Waals surface area contributed by atoms with E-state index in [1.807, 2.05) is 58.0 Å². The first-order valence-corrected chi connectivity index (χ1v) is 6.88. The molecular weight excluding hydrogens is 251 g/mol. The zero-order chi connectivity index (χ0) is 14.5. The summed E-state index contributed by atoms with van der Waals surface area (Å²) in [7, 11) is -0.461. The van der Waals surface area contributed by atoms with E-state index in [0.717, 1.165) is 16.2 Å². The highest BCUT2D eigenvalue weighted by atomic mass is 16.7. The molecule has 2 aromatic rings. The Kier molecular flexibility index (Phi) is 2.85. The van der Waals surface area contributed by atoms with E-state index in [0.29, 0.717) is 0 Å². The number of hydrogen-bond donors (Lipinski definition) is 1. The molecule has 3 nitrogen and oxygen atoms in total. The van der Waals surface area contributed by atoms with Crippen LogP contribution in [-0.2, 0) is 9.31 Å². The summed E-state index contributed by atoms with van der Waals surface area (Å²) in [5.41, 5.74) is 0.105. The molecule has 3 rings (SSSR count). The van der Waals surface area contributed by atoms with Crippen LogP contribution < -0.4 is 5.46 Å². The largest absolute Gasteiger partial charge is 0.507 e. The normalized spacial score (nSPS) is 20.5. The van der Waals surface area contributed by atoms with E-state index in [2.05, 4.69) is 0 Å². The summed E-state index contributed by atoms with van der Waals surface area (Å²) in [5, 5.41) is 11.9. The molecule has 1 aliphatic rings. The number of aromatic hydroxyl groups is 1. The Morgan fingerprint density at radius 2 is 1.45 bits per heavy atom. The van der Waals surface area contributed by atoms with Gasteiger partial charge in [0, 0.05) is 5.39 Å². The van der Waals surface area contributed by atoms with Crippen LogP contribution >= 0.6 is 0 Å². The van der Waals surface area contributed by atoms with Crippen molar-refractivity contribution in [1.29, 1.82) is 0 Å². The number of phenolic OH excluding ortho intramolecular Hbond substituents is 1. The second-order valence-electron chi connectivity index (χ2n) is 6.31. The molecule has 1 heterocycles. The monoisotopic (exact) mass is 270 g/mol. The molecule has 2 aromatic carbocycles. The Labute approximate surface area is 119 Å². The first-order chi connectivity index (χ1) is 9.32. The topological polar surface area (TPSA) is 38.7 Å². The van der Waals surface area contributed by atoms with Crippen LogP contribution in [0, 0.1) is 0 Å². The van der Waals surface area contributed by atoms with Crippen LogP contribution in [0.2, 0.25) is 0 Å². The lowest BCUT2D eigenvalue weighted by atomic mass is 9.76. The quantitative estimate of drug-likeness (QED) is 0.810. The third kappa shape index (κ3) is 1.91. The number of benzene rings is 2. The lowest BCUT2D eigenvalue weighted by Crippen LogP contribution is -2.41. The molecule has 0 amide bonds. The van der Waals surface area contributed by atoms with Crippen molar-refractivity contribution >= 4 is 23.4 Å². The second kappa shape index (κ2) is 4.24. The van der Waals surface area contributed by atoms with Gasteiger partial charge in [-0.3, -0.25) is 0 Å². The number of rotatable bonds is 1. The van der Waals surface area contributed by atoms with Crippen LogP contribution in [0.25, 0.3) is 10.8 Å². The first-order valence-electron chi connectivity index (χ1n) is 6.88. The highest BCUT2D eigenvalue weighted by molar-refractivity contribution is 6.65. The van der Waals surface area contributed by atoms with E-state index in [9.17, 15) is 5.11 Å². The lowest BCUT2D eigenvalue weighted by Gasteiger charge is -2.32. The standard InChI is InChI=1S/C16H19BO3/c1-15(2)16(3,4)20-17(19-15)12-9-5-7-11-8-6-10-13(18)14(11)12/h5-10,18H,1-4H3. The fraction of sp³-hybridized carbons (Fsp3) is 0.375. The van der Waals surface area contributed by atoms with Gasteiger partial charge in [-0.25, -0.2) is 0 Å². The van der Waals surface area contributed by atoms with Crippen molar-refractivity contribution in [2.45, 2.75) is 38.9 Å². The van der Waals surface area contributed by atoms with Gasteiger partial charge >= 0.3 is 7.12 Å². The van der Waals surface area contributed by atoms with E-state index in [1.54, 1.807) is 6.07 Å². The fourth-order valence-corrected chi connectivity index (χ4v) is 2.52. The molecule has 20 heavy (non-hydrogen) atoms. The van der Waals surface area contributed by atoms with Gasteiger partial charge in [-0.2, -0.15) is 0 Å². The summed E-state index contributed by atoms with van der Waals surface area (Å²) in [6.07, 6.45) is 0. The van der Waals surface area contributed by atoms with Crippen molar-refractivity contribution in [3.8, 4) is 5.75 Å². The van der Waals surface area contributed by atoms with Gasteiger partial charge in [0.25, 0.3) is 0 Å². The molecule has 0 aliphatic carbocycles. The predicted molar refractivity (Wildman–Crippen MR) is 81.3 cm³/mol. The second-order valence-corrected chi connectivity index (χ2v) is 6.31. The van der Waals surface area contributed by atoms with Gasteiger partial charge in [0.1, 0.15) is 5.75 Å².